The topological polar surface area (TPSA) is 46.5 Å². The third kappa shape index (κ3) is 4.82. The van der Waals surface area contributed by atoms with Crippen molar-refractivity contribution in [2.45, 2.75) is 52.4 Å². The maximum atomic E-state index is 5.50. The highest BCUT2D eigenvalue weighted by atomic mass is 15.1. The molecule has 4 nitrogen and oxygen atoms in total. The van der Waals surface area contributed by atoms with Gasteiger partial charge in [-0.2, -0.15) is 0 Å². The molecule has 8 aromatic rings. The number of fused-ring (bicyclic) bond motifs is 5. The van der Waals surface area contributed by atoms with Gasteiger partial charge in [0, 0.05) is 46.2 Å². The molecular weight excluding hydrogens is 573 g/mol. The first-order valence-corrected chi connectivity index (χ1v) is 16.5. The molecule has 3 aromatic heterocycles. The van der Waals surface area contributed by atoms with Gasteiger partial charge in [-0.3, -0.25) is 4.98 Å². The van der Waals surface area contributed by atoms with Gasteiger partial charge >= 0.3 is 0 Å². The van der Waals surface area contributed by atoms with Crippen LogP contribution in [0.5, 0.6) is 0 Å². The number of nitrogens with one attached hydrogen (secondary N) is 1. The molecule has 47 heavy (non-hydrogen) atoms. The van der Waals surface area contributed by atoms with Gasteiger partial charge in [-0.05, 0) is 92.9 Å². The summed E-state index contributed by atoms with van der Waals surface area (Å²) < 4.78 is 2.26. The number of para-hydroxylation sites is 1. The summed E-state index contributed by atoms with van der Waals surface area (Å²) in [5.41, 5.74) is 12.5. The molecule has 232 valence electrons. The predicted molar refractivity (Wildman–Crippen MR) is 199 cm³/mol. The van der Waals surface area contributed by atoms with Crippen molar-refractivity contribution in [2.75, 3.05) is 0 Å². The summed E-state index contributed by atoms with van der Waals surface area (Å²) in [5.74, 6) is 0.955. The van der Waals surface area contributed by atoms with Crippen molar-refractivity contribution in [2.24, 2.45) is 7.05 Å². The van der Waals surface area contributed by atoms with Crippen molar-refractivity contribution in [1.82, 2.24) is 19.5 Å². The summed E-state index contributed by atoms with van der Waals surface area (Å²) >= 11 is 0. The molecule has 0 spiro atoms. The molecule has 0 unspecified atom stereocenters. The van der Waals surface area contributed by atoms with E-state index in [2.05, 4.69) is 154 Å². The third-order valence-corrected chi connectivity index (χ3v) is 9.70. The molecule has 5 aromatic carbocycles. The van der Waals surface area contributed by atoms with E-state index in [1.165, 1.54) is 32.7 Å². The Balaban J connectivity index is 1.41. The van der Waals surface area contributed by atoms with Crippen LogP contribution in [0.3, 0.4) is 0 Å². The zero-order valence-corrected chi connectivity index (χ0v) is 28.2. The molecule has 0 amide bonds. The van der Waals surface area contributed by atoms with Crippen molar-refractivity contribution in [3.05, 3.63) is 120 Å². The number of H-pyrrole nitrogens is 1. The van der Waals surface area contributed by atoms with E-state index in [-0.39, 0.29) is 10.8 Å². The fourth-order valence-corrected chi connectivity index (χ4v) is 6.96. The molecule has 4 heteroatoms. The minimum atomic E-state index is -0.0330. The Labute approximate surface area is 276 Å². The van der Waals surface area contributed by atoms with E-state index >= 15 is 0 Å². The molecule has 0 atom stereocenters. The maximum absolute atomic E-state index is 5.50. The summed E-state index contributed by atoms with van der Waals surface area (Å²) in [5, 5.41) is 4.90. The second-order valence-corrected chi connectivity index (χ2v) is 15.0. The lowest BCUT2D eigenvalue weighted by atomic mass is 9.84. The highest BCUT2D eigenvalue weighted by Gasteiger charge is 2.24. The highest BCUT2D eigenvalue weighted by molar-refractivity contribution is 6.13. The zero-order valence-electron chi connectivity index (χ0n) is 28.2. The first-order valence-electron chi connectivity index (χ1n) is 16.5. The van der Waals surface area contributed by atoms with Crippen LogP contribution in [0.4, 0.5) is 0 Å². The van der Waals surface area contributed by atoms with Crippen LogP contribution in [0.25, 0.3) is 77.4 Å². The third-order valence-electron chi connectivity index (χ3n) is 9.70. The van der Waals surface area contributed by atoms with Gasteiger partial charge < -0.3 is 9.55 Å². The van der Waals surface area contributed by atoms with Crippen LogP contribution in [0.1, 0.15) is 52.7 Å². The molecule has 0 bridgehead atoms. The lowest BCUT2D eigenvalue weighted by Crippen LogP contribution is -2.11. The van der Waals surface area contributed by atoms with Crippen molar-refractivity contribution >= 4 is 43.6 Å². The largest absolute Gasteiger partial charge is 0.354 e. The van der Waals surface area contributed by atoms with Crippen LogP contribution in [0.15, 0.2) is 109 Å². The van der Waals surface area contributed by atoms with E-state index in [9.17, 15) is 0 Å². The number of nitrogens with zero attached hydrogens (tertiary/aromatic N) is 3. The molecular formula is C43H40N4. The average Bonchev–Trinajstić information content (AvgIpc) is 3.60. The van der Waals surface area contributed by atoms with Gasteiger partial charge in [0.25, 0.3) is 0 Å². The van der Waals surface area contributed by atoms with Crippen LogP contribution in [-0.4, -0.2) is 19.5 Å². The van der Waals surface area contributed by atoms with Crippen molar-refractivity contribution in [3.8, 4) is 33.8 Å². The quantitative estimate of drug-likeness (QED) is 0.216. The van der Waals surface area contributed by atoms with E-state index in [1.54, 1.807) is 0 Å². The summed E-state index contributed by atoms with van der Waals surface area (Å²) in [4.78, 5) is 14.0. The molecule has 0 saturated carbocycles. The van der Waals surface area contributed by atoms with Gasteiger partial charge in [0.2, 0.25) is 0 Å². The van der Waals surface area contributed by atoms with Gasteiger partial charge in [-0.1, -0.05) is 90.1 Å². The number of pyridine rings is 1. The van der Waals surface area contributed by atoms with Crippen LogP contribution in [0, 0.1) is 0 Å². The summed E-state index contributed by atoms with van der Waals surface area (Å²) in [7, 11) is 2.15. The van der Waals surface area contributed by atoms with Gasteiger partial charge in [0.1, 0.15) is 5.82 Å². The molecule has 0 saturated heterocycles. The second kappa shape index (κ2) is 10.4. The fourth-order valence-electron chi connectivity index (χ4n) is 6.96. The van der Waals surface area contributed by atoms with Crippen LogP contribution in [0.2, 0.25) is 0 Å². The number of imidazole rings is 1. The summed E-state index contributed by atoms with van der Waals surface area (Å²) in [6.45, 7) is 13.7. The minimum absolute atomic E-state index is 0.0330. The van der Waals surface area contributed by atoms with Gasteiger partial charge in [-0.15, -0.1) is 0 Å². The summed E-state index contributed by atoms with van der Waals surface area (Å²) in [6.07, 6.45) is 1.86. The Hall–Kier alpha value is -5.22. The Morgan fingerprint density at radius 2 is 1.38 bits per heavy atom. The molecule has 0 fully saturated rings. The molecule has 0 aliphatic heterocycles. The standard InChI is InChI=1S/C43H40N4/c1-42(2,3)28-18-19-37-33(23-28)34-24-29(43(4,5)6)25-35(39(34)45-37)41-46-40-31(15-12-17-38(40)47(41)7)32-22-27(36-16-10-11-20-44-36)21-26-13-8-9-14-30(26)32/h8-25,45H,1-7H3. The maximum Gasteiger partial charge on any atom is 0.143 e. The Morgan fingerprint density at radius 1 is 0.617 bits per heavy atom. The van der Waals surface area contributed by atoms with E-state index in [1.807, 2.05) is 18.3 Å². The van der Waals surface area contributed by atoms with Crippen LogP contribution in [-0.2, 0) is 17.9 Å². The molecule has 1 N–H and O–H groups in total. The lowest BCUT2D eigenvalue weighted by Gasteiger charge is -2.21. The minimum Gasteiger partial charge on any atom is -0.354 e. The van der Waals surface area contributed by atoms with E-state index in [0.717, 1.165) is 55.8 Å². The Morgan fingerprint density at radius 3 is 2.15 bits per heavy atom. The number of aryl methyl sites for hydroxylation is 1. The number of hydrogen-bond donors (Lipinski definition) is 1. The molecule has 3 heterocycles. The molecule has 0 radical (unpaired) electrons. The molecule has 8 rings (SSSR count). The van der Waals surface area contributed by atoms with E-state index in [0.29, 0.717) is 0 Å². The number of hydrogen-bond acceptors (Lipinski definition) is 2. The number of benzene rings is 5. The Bertz CT molecular complexity index is 2480. The van der Waals surface area contributed by atoms with Crippen molar-refractivity contribution in [3.63, 3.8) is 0 Å². The van der Waals surface area contributed by atoms with Crippen LogP contribution >= 0.6 is 0 Å². The van der Waals surface area contributed by atoms with Crippen LogP contribution < -0.4 is 0 Å². The van der Waals surface area contributed by atoms with Gasteiger partial charge in [0.05, 0.1) is 22.2 Å². The predicted octanol–water partition coefficient (Wildman–Crippen LogP) is 11.4. The zero-order chi connectivity index (χ0) is 32.7. The average molecular weight is 613 g/mol. The molecule has 0 aliphatic carbocycles. The smallest absolute Gasteiger partial charge is 0.143 e. The normalized spacial score (nSPS) is 12.6. The SMILES string of the molecule is Cn1c(-c2cc(C(C)(C)C)cc3c2[nH]c2ccc(C(C)(C)C)cc23)nc2c(-c3cc(-c4ccccn4)cc4ccccc34)cccc21. The monoisotopic (exact) mass is 612 g/mol. The Kier molecular flexibility index (Phi) is 6.46. The fraction of sp³-hybridized carbons (Fsp3) is 0.209. The van der Waals surface area contributed by atoms with Gasteiger partial charge in [-0.25, -0.2) is 4.98 Å². The second-order valence-electron chi connectivity index (χ2n) is 15.0. The van der Waals surface area contributed by atoms with E-state index < -0.39 is 0 Å². The summed E-state index contributed by atoms with van der Waals surface area (Å²) in [6, 6.07) is 37.4. The number of aromatic nitrogens is 4. The molecule has 0 aliphatic rings. The first kappa shape index (κ1) is 29.2. The van der Waals surface area contributed by atoms with Gasteiger partial charge in [0.15, 0.2) is 0 Å². The first-order chi connectivity index (χ1) is 22.5. The van der Waals surface area contributed by atoms with Crippen molar-refractivity contribution in [1.29, 1.82) is 0 Å². The number of rotatable bonds is 3. The van der Waals surface area contributed by atoms with E-state index in [4.69, 9.17) is 4.98 Å². The highest BCUT2D eigenvalue weighted by Crippen LogP contribution is 2.42. The lowest BCUT2D eigenvalue weighted by molar-refractivity contribution is 0.590. The van der Waals surface area contributed by atoms with Crippen molar-refractivity contribution < 1.29 is 0 Å². The number of aromatic amines is 1.